The number of hydrogen-bond donors (Lipinski definition) is 1. The smallest absolute Gasteiger partial charge is 0.223 e. The van der Waals surface area contributed by atoms with Gasteiger partial charge >= 0.3 is 0 Å². The Labute approximate surface area is 151 Å². The van der Waals surface area contributed by atoms with Crippen LogP contribution in [0.5, 0.6) is 0 Å². The van der Waals surface area contributed by atoms with E-state index in [-0.39, 0.29) is 11.8 Å². The van der Waals surface area contributed by atoms with Gasteiger partial charge in [-0.15, -0.1) is 0 Å². The van der Waals surface area contributed by atoms with Crippen LogP contribution in [0, 0.1) is 18.8 Å². The Kier molecular flexibility index (Phi) is 6.11. The average Bonchev–Trinajstić information content (AvgIpc) is 3.05. The summed E-state index contributed by atoms with van der Waals surface area (Å²) in [5.74, 6) is 1.32. The molecule has 1 fully saturated rings. The lowest BCUT2D eigenvalue weighted by molar-refractivity contribution is -0.126. The highest BCUT2D eigenvalue weighted by molar-refractivity contribution is 5.78. The fourth-order valence-electron chi connectivity index (χ4n) is 3.98. The van der Waals surface area contributed by atoms with Crippen LogP contribution in [0.25, 0.3) is 5.65 Å². The molecule has 1 N–H and O–H groups in total. The molecule has 3 rings (SSSR count). The zero-order valence-electron chi connectivity index (χ0n) is 15.6. The standard InChI is InChI=1S/C21H31N3O/c1-3-4-7-17-9-11-18(12-10-17)21(25)22-14-13-19-15-24-16(2)6-5-8-20(24)23-19/h5-6,8,15,17-18H,3-4,7,9-14H2,1-2H3,(H,22,25). The molecule has 0 bridgehead atoms. The van der Waals surface area contributed by atoms with Crippen molar-refractivity contribution in [1.29, 1.82) is 0 Å². The highest BCUT2D eigenvalue weighted by Gasteiger charge is 2.25. The molecule has 136 valence electrons. The monoisotopic (exact) mass is 341 g/mol. The van der Waals surface area contributed by atoms with E-state index in [0.717, 1.165) is 36.5 Å². The summed E-state index contributed by atoms with van der Waals surface area (Å²) in [6.45, 7) is 5.01. The van der Waals surface area contributed by atoms with Crippen LogP contribution in [-0.2, 0) is 11.2 Å². The second kappa shape index (κ2) is 8.50. The number of carbonyl (C=O) groups is 1. The molecule has 2 heterocycles. The molecule has 0 spiro atoms. The van der Waals surface area contributed by atoms with E-state index in [4.69, 9.17) is 0 Å². The summed E-state index contributed by atoms with van der Waals surface area (Å²) in [4.78, 5) is 17.0. The number of imidazole rings is 1. The number of aryl methyl sites for hydroxylation is 1. The van der Waals surface area contributed by atoms with Gasteiger partial charge in [-0.2, -0.15) is 0 Å². The molecular formula is C21H31N3O. The van der Waals surface area contributed by atoms with Gasteiger partial charge in [0.05, 0.1) is 5.69 Å². The number of carbonyl (C=O) groups excluding carboxylic acids is 1. The average molecular weight is 341 g/mol. The first-order chi connectivity index (χ1) is 12.2. The number of amides is 1. The van der Waals surface area contributed by atoms with E-state index in [9.17, 15) is 4.79 Å². The lowest BCUT2D eigenvalue weighted by Gasteiger charge is -2.27. The van der Waals surface area contributed by atoms with Crippen molar-refractivity contribution >= 4 is 11.6 Å². The molecule has 1 aliphatic carbocycles. The first kappa shape index (κ1) is 18.0. The molecule has 0 aliphatic heterocycles. The first-order valence-corrected chi connectivity index (χ1v) is 9.88. The number of pyridine rings is 1. The van der Waals surface area contributed by atoms with Crippen molar-refractivity contribution in [3.05, 3.63) is 35.8 Å². The third-order valence-electron chi connectivity index (χ3n) is 5.61. The Hall–Kier alpha value is -1.84. The largest absolute Gasteiger partial charge is 0.355 e. The van der Waals surface area contributed by atoms with Crippen LogP contribution in [0.2, 0.25) is 0 Å². The van der Waals surface area contributed by atoms with E-state index in [1.54, 1.807) is 0 Å². The number of nitrogens with zero attached hydrogens (tertiary/aromatic N) is 2. The van der Waals surface area contributed by atoms with Gasteiger partial charge in [0.2, 0.25) is 5.91 Å². The molecule has 0 atom stereocenters. The van der Waals surface area contributed by atoms with Gasteiger partial charge in [0.25, 0.3) is 0 Å². The molecule has 4 nitrogen and oxygen atoms in total. The Morgan fingerprint density at radius 1 is 1.28 bits per heavy atom. The van der Waals surface area contributed by atoms with Gasteiger partial charge in [0, 0.05) is 30.8 Å². The fraction of sp³-hybridized carbons (Fsp3) is 0.619. The summed E-state index contributed by atoms with van der Waals surface area (Å²) in [5, 5.41) is 3.13. The number of unbranched alkanes of at least 4 members (excludes halogenated alkanes) is 1. The summed E-state index contributed by atoms with van der Waals surface area (Å²) < 4.78 is 2.11. The summed E-state index contributed by atoms with van der Waals surface area (Å²) in [5.41, 5.74) is 3.20. The van der Waals surface area contributed by atoms with Crippen LogP contribution in [0.1, 0.15) is 63.3 Å². The molecular weight excluding hydrogens is 310 g/mol. The number of rotatable bonds is 7. The number of aromatic nitrogens is 2. The summed E-state index contributed by atoms with van der Waals surface area (Å²) in [6.07, 6.45) is 11.4. The number of nitrogens with one attached hydrogen (secondary N) is 1. The van der Waals surface area contributed by atoms with Crippen LogP contribution in [0.3, 0.4) is 0 Å². The molecule has 25 heavy (non-hydrogen) atoms. The minimum Gasteiger partial charge on any atom is -0.355 e. The predicted octanol–water partition coefficient (Wildman–Crippen LogP) is 4.30. The number of hydrogen-bond acceptors (Lipinski definition) is 2. The molecule has 0 aromatic carbocycles. The minimum absolute atomic E-state index is 0.223. The number of fused-ring (bicyclic) bond motifs is 1. The van der Waals surface area contributed by atoms with Gasteiger partial charge in [-0.25, -0.2) is 4.98 Å². The summed E-state index contributed by atoms with van der Waals surface area (Å²) in [6, 6.07) is 6.13. The van der Waals surface area contributed by atoms with Crippen molar-refractivity contribution in [2.24, 2.45) is 11.8 Å². The molecule has 2 aromatic heterocycles. The van der Waals surface area contributed by atoms with Crippen LogP contribution in [0.15, 0.2) is 24.4 Å². The highest BCUT2D eigenvalue weighted by Crippen LogP contribution is 2.31. The van der Waals surface area contributed by atoms with Gasteiger partial charge in [0.1, 0.15) is 5.65 Å². The van der Waals surface area contributed by atoms with Gasteiger partial charge in [0.15, 0.2) is 0 Å². The zero-order chi connectivity index (χ0) is 17.6. The molecule has 0 radical (unpaired) electrons. The van der Waals surface area contributed by atoms with Gasteiger partial charge < -0.3 is 9.72 Å². The molecule has 1 saturated carbocycles. The lowest BCUT2D eigenvalue weighted by atomic mass is 9.79. The van der Waals surface area contributed by atoms with E-state index in [0.29, 0.717) is 6.54 Å². The van der Waals surface area contributed by atoms with Crippen LogP contribution < -0.4 is 5.32 Å². The van der Waals surface area contributed by atoms with Crippen molar-refractivity contribution in [2.45, 2.75) is 65.2 Å². The fourth-order valence-corrected chi connectivity index (χ4v) is 3.98. The van der Waals surface area contributed by atoms with Crippen LogP contribution in [0.4, 0.5) is 0 Å². The molecule has 0 unspecified atom stereocenters. The molecule has 4 heteroatoms. The third kappa shape index (κ3) is 4.62. The lowest BCUT2D eigenvalue weighted by Crippen LogP contribution is -2.34. The third-order valence-corrected chi connectivity index (χ3v) is 5.61. The SMILES string of the molecule is CCCCC1CCC(C(=O)NCCc2cn3c(C)cccc3n2)CC1. The summed E-state index contributed by atoms with van der Waals surface area (Å²) >= 11 is 0. The molecule has 2 aromatic rings. The Morgan fingerprint density at radius 2 is 2.08 bits per heavy atom. The molecule has 0 saturated heterocycles. The van der Waals surface area contributed by atoms with E-state index in [2.05, 4.69) is 40.8 Å². The summed E-state index contributed by atoms with van der Waals surface area (Å²) in [7, 11) is 0. The van der Waals surface area contributed by atoms with Gasteiger partial charge in [-0.05, 0) is 50.7 Å². The quantitative estimate of drug-likeness (QED) is 0.816. The molecule has 1 amide bonds. The Morgan fingerprint density at radius 3 is 2.80 bits per heavy atom. The van der Waals surface area contributed by atoms with Crippen molar-refractivity contribution < 1.29 is 4.79 Å². The van der Waals surface area contributed by atoms with E-state index < -0.39 is 0 Å². The van der Waals surface area contributed by atoms with E-state index >= 15 is 0 Å². The maximum absolute atomic E-state index is 12.4. The maximum atomic E-state index is 12.4. The Bertz CT molecular complexity index is 698. The molecule has 1 aliphatic rings. The van der Waals surface area contributed by atoms with E-state index in [1.165, 1.54) is 37.8 Å². The van der Waals surface area contributed by atoms with Crippen molar-refractivity contribution in [3.8, 4) is 0 Å². The highest BCUT2D eigenvalue weighted by atomic mass is 16.1. The second-order valence-corrected chi connectivity index (χ2v) is 7.53. The zero-order valence-corrected chi connectivity index (χ0v) is 15.6. The Balaban J connectivity index is 1.42. The maximum Gasteiger partial charge on any atom is 0.223 e. The van der Waals surface area contributed by atoms with Crippen molar-refractivity contribution in [3.63, 3.8) is 0 Å². The minimum atomic E-state index is 0.223. The normalized spacial score (nSPS) is 20.7. The van der Waals surface area contributed by atoms with Crippen molar-refractivity contribution in [1.82, 2.24) is 14.7 Å². The van der Waals surface area contributed by atoms with Crippen molar-refractivity contribution in [2.75, 3.05) is 6.54 Å². The topological polar surface area (TPSA) is 46.4 Å². The van der Waals surface area contributed by atoms with Gasteiger partial charge in [-0.1, -0.05) is 32.3 Å². The van der Waals surface area contributed by atoms with E-state index in [1.807, 2.05) is 12.1 Å². The van der Waals surface area contributed by atoms with Gasteiger partial charge in [-0.3, -0.25) is 4.79 Å². The predicted molar refractivity (Wildman–Crippen MR) is 102 cm³/mol. The van der Waals surface area contributed by atoms with Crippen LogP contribution >= 0.6 is 0 Å². The van der Waals surface area contributed by atoms with Crippen LogP contribution in [-0.4, -0.2) is 21.8 Å². The first-order valence-electron chi connectivity index (χ1n) is 9.88. The second-order valence-electron chi connectivity index (χ2n) is 7.53.